The van der Waals surface area contributed by atoms with E-state index in [0.29, 0.717) is 19.5 Å². The normalized spacial score (nSPS) is 26.8. The molecular weight excluding hydrogens is 342 g/mol. The molecule has 2 aliphatic heterocycles. The standard InChI is InChI=1S/C21H27N3O3/c1-14-12-24(10-7-16(14)15-5-3-2-4-6-15)20(26)18-17(19(25)23-27)11-21(8-9-21)13-22-18/h2-6,17-18,22,27H,7-13H2,1H3,(H,23,25). The van der Waals surface area contributed by atoms with Crippen molar-refractivity contribution in [2.45, 2.75) is 38.6 Å². The molecule has 2 atom stereocenters. The van der Waals surface area contributed by atoms with Gasteiger partial charge in [0.2, 0.25) is 11.8 Å². The number of nitrogens with one attached hydrogen (secondary N) is 2. The minimum absolute atomic E-state index is 0.0365. The van der Waals surface area contributed by atoms with Gasteiger partial charge >= 0.3 is 0 Å². The monoisotopic (exact) mass is 369 g/mol. The molecule has 3 aliphatic rings. The maximum absolute atomic E-state index is 13.2. The second-order valence-corrected chi connectivity index (χ2v) is 8.28. The molecule has 144 valence electrons. The van der Waals surface area contributed by atoms with Gasteiger partial charge in [0.25, 0.3) is 0 Å². The molecule has 1 aromatic carbocycles. The van der Waals surface area contributed by atoms with Crippen molar-refractivity contribution in [3.05, 3.63) is 41.5 Å². The summed E-state index contributed by atoms with van der Waals surface area (Å²) in [5.74, 6) is -1.01. The smallest absolute Gasteiger partial charge is 0.248 e. The summed E-state index contributed by atoms with van der Waals surface area (Å²) in [6.07, 6.45) is 3.65. The number of carbonyl (C=O) groups is 2. The zero-order valence-electron chi connectivity index (χ0n) is 15.7. The Balaban J connectivity index is 1.49. The Kier molecular flexibility index (Phi) is 4.78. The zero-order chi connectivity index (χ0) is 19.0. The van der Waals surface area contributed by atoms with Gasteiger partial charge in [-0.25, -0.2) is 5.48 Å². The van der Waals surface area contributed by atoms with Crippen molar-refractivity contribution in [3.63, 3.8) is 0 Å². The second kappa shape index (κ2) is 7.09. The van der Waals surface area contributed by atoms with Crippen LogP contribution in [0.15, 0.2) is 35.9 Å². The number of rotatable bonds is 3. The van der Waals surface area contributed by atoms with Crippen molar-refractivity contribution in [1.29, 1.82) is 0 Å². The maximum atomic E-state index is 13.2. The highest BCUT2D eigenvalue weighted by Crippen LogP contribution is 2.52. The summed E-state index contributed by atoms with van der Waals surface area (Å²) >= 11 is 0. The van der Waals surface area contributed by atoms with E-state index in [9.17, 15) is 9.59 Å². The summed E-state index contributed by atoms with van der Waals surface area (Å²) in [4.78, 5) is 27.2. The Hall–Kier alpha value is -2.18. The van der Waals surface area contributed by atoms with Crippen LogP contribution >= 0.6 is 0 Å². The average molecular weight is 369 g/mol. The molecule has 2 amide bonds. The Morgan fingerprint density at radius 3 is 2.63 bits per heavy atom. The molecule has 4 rings (SSSR count). The van der Waals surface area contributed by atoms with Gasteiger partial charge in [0.05, 0.1) is 12.0 Å². The van der Waals surface area contributed by atoms with E-state index in [1.165, 1.54) is 16.7 Å². The fraction of sp³-hybridized carbons (Fsp3) is 0.524. The molecular formula is C21H27N3O3. The van der Waals surface area contributed by atoms with Gasteiger partial charge in [-0.3, -0.25) is 14.8 Å². The molecule has 3 N–H and O–H groups in total. The van der Waals surface area contributed by atoms with Crippen LogP contribution in [0.25, 0.3) is 5.57 Å². The molecule has 1 aromatic rings. The van der Waals surface area contributed by atoms with Crippen molar-refractivity contribution >= 4 is 17.4 Å². The molecule has 1 saturated carbocycles. The fourth-order valence-electron chi connectivity index (χ4n) is 4.61. The Labute approximate surface area is 159 Å². The molecule has 2 fully saturated rings. The molecule has 0 bridgehead atoms. The Morgan fingerprint density at radius 2 is 2.00 bits per heavy atom. The van der Waals surface area contributed by atoms with Crippen LogP contribution in [0.1, 0.15) is 38.2 Å². The van der Waals surface area contributed by atoms with Gasteiger partial charge in [-0.15, -0.1) is 0 Å². The van der Waals surface area contributed by atoms with Gasteiger partial charge in [0.15, 0.2) is 0 Å². The number of hydrogen-bond acceptors (Lipinski definition) is 4. The van der Waals surface area contributed by atoms with Crippen LogP contribution in [0.4, 0.5) is 0 Å². The number of benzene rings is 1. The first-order chi connectivity index (χ1) is 13.0. The fourth-order valence-corrected chi connectivity index (χ4v) is 4.61. The summed E-state index contributed by atoms with van der Waals surface area (Å²) < 4.78 is 0. The first-order valence-corrected chi connectivity index (χ1v) is 9.73. The highest BCUT2D eigenvalue weighted by atomic mass is 16.5. The van der Waals surface area contributed by atoms with Crippen molar-refractivity contribution in [1.82, 2.24) is 15.7 Å². The number of hydroxylamine groups is 1. The van der Waals surface area contributed by atoms with Crippen molar-refractivity contribution in [3.8, 4) is 0 Å². The molecule has 1 saturated heterocycles. The van der Waals surface area contributed by atoms with Crippen LogP contribution in [0, 0.1) is 11.3 Å². The van der Waals surface area contributed by atoms with Gasteiger partial charge in [-0.2, -0.15) is 0 Å². The SMILES string of the molecule is CC1=C(c2ccccc2)CCN(C(=O)C2NCC3(CC3)CC2C(=O)NO)C1. The summed E-state index contributed by atoms with van der Waals surface area (Å²) in [5.41, 5.74) is 5.62. The van der Waals surface area contributed by atoms with Gasteiger partial charge in [-0.1, -0.05) is 35.9 Å². The lowest BCUT2D eigenvalue weighted by Crippen LogP contribution is -2.59. The second-order valence-electron chi connectivity index (χ2n) is 8.28. The first kappa shape index (κ1) is 18.2. The van der Waals surface area contributed by atoms with E-state index in [1.54, 1.807) is 5.48 Å². The molecule has 0 aromatic heterocycles. The number of piperidine rings is 1. The molecule has 2 unspecified atom stereocenters. The molecule has 2 heterocycles. The van der Waals surface area contributed by atoms with E-state index in [2.05, 4.69) is 24.4 Å². The maximum Gasteiger partial charge on any atom is 0.248 e. The molecule has 6 nitrogen and oxygen atoms in total. The van der Waals surface area contributed by atoms with Crippen LogP contribution in [0.2, 0.25) is 0 Å². The largest absolute Gasteiger partial charge is 0.337 e. The number of carbonyl (C=O) groups excluding carboxylic acids is 2. The average Bonchev–Trinajstić information content (AvgIpc) is 3.46. The van der Waals surface area contributed by atoms with Crippen LogP contribution in [0.5, 0.6) is 0 Å². The third-order valence-electron chi connectivity index (χ3n) is 6.43. The van der Waals surface area contributed by atoms with Crippen LogP contribution in [-0.4, -0.2) is 47.6 Å². The summed E-state index contributed by atoms with van der Waals surface area (Å²) in [6.45, 7) is 4.08. The highest BCUT2D eigenvalue weighted by Gasteiger charge is 2.52. The minimum Gasteiger partial charge on any atom is -0.337 e. The molecule has 1 spiro atoms. The summed E-state index contributed by atoms with van der Waals surface area (Å²) in [7, 11) is 0. The third-order valence-corrected chi connectivity index (χ3v) is 6.43. The van der Waals surface area contributed by atoms with Gasteiger partial charge in [0.1, 0.15) is 0 Å². The molecule has 27 heavy (non-hydrogen) atoms. The first-order valence-electron chi connectivity index (χ1n) is 9.73. The Morgan fingerprint density at radius 1 is 1.26 bits per heavy atom. The number of amides is 2. The van der Waals surface area contributed by atoms with Crippen LogP contribution < -0.4 is 10.8 Å². The summed E-state index contributed by atoms with van der Waals surface area (Å²) in [6, 6.07) is 9.72. The number of nitrogens with zero attached hydrogens (tertiary/aromatic N) is 1. The van der Waals surface area contributed by atoms with E-state index < -0.39 is 17.9 Å². The highest BCUT2D eigenvalue weighted by molar-refractivity contribution is 5.91. The quantitative estimate of drug-likeness (QED) is 0.562. The van der Waals surface area contributed by atoms with Gasteiger partial charge in [0, 0.05) is 19.6 Å². The lowest BCUT2D eigenvalue weighted by atomic mass is 9.81. The van der Waals surface area contributed by atoms with Crippen LogP contribution in [-0.2, 0) is 9.59 Å². The molecule has 1 aliphatic carbocycles. The van der Waals surface area contributed by atoms with Crippen molar-refractivity contribution < 1.29 is 14.8 Å². The third kappa shape index (κ3) is 3.51. The van der Waals surface area contributed by atoms with E-state index in [0.717, 1.165) is 25.8 Å². The predicted octanol–water partition coefficient (Wildman–Crippen LogP) is 1.96. The lowest BCUT2D eigenvalue weighted by Gasteiger charge is -2.39. The Bertz CT molecular complexity index is 770. The summed E-state index contributed by atoms with van der Waals surface area (Å²) in [5, 5.41) is 12.4. The molecule has 0 radical (unpaired) electrons. The number of hydrogen-bond donors (Lipinski definition) is 3. The van der Waals surface area contributed by atoms with Gasteiger partial charge in [-0.05, 0) is 49.2 Å². The van der Waals surface area contributed by atoms with Crippen molar-refractivity contribution in [2.75, 3.05) is 19.6 Å². The molecule has 6 heteroatoms. The zero-order valence-corrected chi connectivity index (χ0v) is 15.7. The van der Waals surface area contributed by atoms with Gasteiger partial charge < -0.3 is 10.2 Å². The predicted molar refractivity (Wildman–Crippen MR) is 102 cm³/mol. The lowest BCUT2D eigenvalue weighted by molar-refractivity contribution is -0.144. The van der Waals surface area contributed by atoms with E-state index in [4.69, 9.17) is 5.21 Å². The van der Waals surface area contributed by atoms with Crippen LogP contribution in [0.3, 0.4) is 0 Å². The minimum atomic E-state index is -0.561. The van der Waals surface area contributed by atoms with Crippen molar-refractivity contribution in [2.24, 2.45) is 11.3 Å². The van der Waals surface area contributed by atoms with E-state index in [1.807, 2.05) is 23.1 Å². The topological polar surface area (TPSA) is 81.7 Å². The van der Waals surface area contributed by atoms with E-state index in [-0.39, 0.29) is 11.3 Å². The van der Waals surface area contributed by atoms with E-state index >= 15 is 0 Å².